The van der Waals surface area contributed by atoms with E-state index >= 15 is 0 Å². The third kappa shape index (κ3) is 3.18. The molecule has 1 aliphatic heterocycles. The zero-order chi connectivity index (χ0) is 16.5. The number of aromatic nitrogens is 4. The maximum Gasteiger partial charge on any atom is 0.256 e. The highest BCUT2D eigenvalue weighted by molar-refractivity contribution is 5.40. The highest BCUT2D eigenvalue weighted by Gasteiger charge is 2.27. The van der Waals surface area contributed by atoms with Crippen molar-refractivity contribution in [1.29, 1.82) is 0 Å². The molecule has 0 aromatic carbocycles. The lowest BCUT2D eigenvalue weighted by Crippen LogP contribution is -2.37. The highest BCUT2D eigenvalue weighted by atomic mass is 16.1. The molecular formula is C18H23N5O. The first-order valence-electron chi connectivity index (χ1n) is 8.78. The second-order valence-corrected chi connectivity index (χ2v) is 7.04. The van der Waals surface area contributed by atoms with Crippen LogP contribution in [-0.4, -0.2) is 32.6 Å². The lowest BCUT2D eigenvalue weighted by Gasteiger charge is -2.33. The van der Waals surface area contributed by atoms with E-state index in [4.69, 9.17) is 0 Å². The number of aryl methyl sites for hydroxylation is 1. The molecule has 0 spiro atoms. The molecule has 1 aliphatic carbocycles. The van der Waals surface area contributed by atoms with E-state index in [1.165, 1.54) is 18.5 Å². The van der Waals surface area contributed by atoms with Gasteiger partial charge in [0.05, 0.1) is 6.33 Å². The van der Waals surface area contributed by atoms with Crippen LogP contribution in [0.5, 0.6) is 0 Å². The molecule has 1 saturated carbocycles. The van der Waals surface area contributed by atoms with E-state index in [1.807, 2.05) is 6.92 Å². The van der Waals surface area contributed by atoms with E-state index in [2.05, 4.69) is 25.9 Å². The van der Waals surface area contributed by atoms with Gasteiger partial charge >= 0.3 is 0 Å². The summed E-state index contributed by atoms with van der Waals surface area (Å²) in [4.78, 5) is 27.5. The fraction of sp³-hybridized carbons (Fsp3) is 0.556. The summed E-state index contributed by atoms with van der Waals surface area (Å²) in [5.41, 5.74) is 1.99. The van der Waals surface area contributed by atoms with Gasteiger partial charge in [0.1, 0.15) is 12.1 Å². The van der Waals surface area contributed by atoms with Gasteiger partial charge in [-0.05, 0) is 38.5 Å². The standard InChI is InChI=1S/C18H23N5O/c1-13-9-19-12-23(18(13)24)10-14-4-6-22(7-5-14)17-8-16(15-2-3-15)20-11-21-17/h8-9,11-12,14-15H,2-7,10H2,1H3. The molecule has 6 heteroatoms. The van der Waals surface area contributed by atoms with Crippen molar-refractivity contribution in [2.75, 3.05) is 18.0 Å². The lowest BCUT2D eigenvalue weighted by molar-refractivity contribution is 0.349. The van der Waals surface area contributed by atoms with Crippen LogP contribution < -0.4 is 10.5 Å². The molecule has 6 nitrogen and oxygen atoms in total. The van der Waals surface area contributed by atoms with E-state index in [0.717, 1.165) is 38.3 Å². The van der Waals surface area contributed by atoms with Crippen molar-refractivity contribution in [2.45, 2.75) is 45.1 Å². The van der Waals surface area contributed by atoms with Gasteiger partial charge in [-0.1, -0.05) is 0 Å². The van der Waals surface area contributed by atoms with Crippen LogP contribution in [0, 0.1) is 12.8 Å². The molecule has 2 aromatic rings. The molecular weight excluding hydrogens is 302 g/mol. The molecule has 3 heterocycles. The Hall–Kier alpha value is -2.24. The summed E-state index contributed by atoms with van der Waals surface area (Å²) in [6.07, 6.45) is 9.66. The molecule has 0 atom stereocenters. The van der Waals surface area contributed by atoms with Crippen LogP contribution in [0.15, 0.2) is 29.7 Å². The van der Waals surface area contributed by atoms with Crippen molar-refractivity contribution in [3.63, 3.8) is 0 Å². The van der Waals surface area contributed by atoms with Crippen molar-refractivity contribution in [1.82, 2.24) is 19.5 Å². The van der Waals surface area contributed by atoms with Gasteiger partial charge in [-0.15, -0.1) is 0 Å². The number of nitrogens with zero attached hydrogens (tertiary/aromatic N) is 5. The minimum absolute atomic E-state index is 0.0808. The Morgan fingerprint density at radius 1 is 1.17 bits per heavy atom. The first-order chi connectivity index (χ1) is 11.7. The van der Waals surface area contributed by atoms with Crippen LogP contribution in [0.4, 0.5) is 5.82 Å². The largest absolute Gasteiger partial charge is 0.356 e. The van der Waals surface area contributed by atoms with Crippen molar-refractivity contribution in [3.05, 3.63) is 46.5 Å². The zero-order valence-corrected chi connectivity index (χ0v) is 14.1. The average Bonchev–Trinajstić information content (AvgIpc) is 3.45. The Balaban J connectivity index is 1.39. The van der Waals surface area contributed by atoms with E-state index in [1.54, 1.807) is 23.4 Å². The SMILES string of the molecule is Cc1cncn(CC2CCN(c3cc(C4CC4)ncn3)CC2)c1=O. The van der Waals surface area contributed by atoms with Crippen LogP contribution in [0.3, 0.4) is 0 Å². The van der Waals surface area contributed by atoms with Crippen LogP contribution in [-0.2, 0) is 6.54 Å². The first kappa shape index (κ1) is 15.3. The summed E-state index contributed by atoms with van der Waals surface area (Å²) in [7, 11) is 0. The second-order valence-electron chi connectivity index (χ2n) is 7.04. The summed E-state index contributed by atoms with van der Waals surface area (Å²) < 4.78 is 1.76. The number of piperidine rings is 1. The Morgan fingerprint density at radius 3 is 2.71 bits per heavy atom. The van der Waals surface area contributed by atoms with E-state index < -0.39 is 0 Å². The fourth-order valence-electron chi connectivity index (χ4n) is 3.45. The predicted molar refractivity (Wildman–Crippen MR) is 92.2 cm³/mol. The Labute approximate surface area is 141 Å². The maximum atomic E-state index is 12.1. The monoisotopic (exact) mass is 325 g/mol. The maximum absolute atomic E-state index is 12.1. The van der Waals surface area contributed by atoms with Crippen LogP contribution >= 0.6 is 0 Å². The van der Waals surface area contributed by atoms with Gasteiger partial charge in [0.25, 0.3) is 5.56 Å². The smallest absolute Gasteiger partial charge is 0.256 e. The van der Waals surface area contributed by atoms with Crippen LogP contribution in [0.2, 0.25) is 0 Å². The lowest BCUT2D eigenvalue weighted by atomic mass is 9.96. The molecule has 1 saturated heterocycles. The van der Waals surface area contributed by atoms with Crippen molar-refractivity contribution in [3.8, 4) is 0 Å². The van der Waals surface area contributed by atoms with Gasteiger partial charge in [-0.25, -0.2) is 15.0 Å². The molecule has 0 bridgehead atoms. The molecule has 126 valence electrons. The molecule has 2 aromatic heterocycles. The molecule has 0 radical (unpaired) electrons. The fourth-order valence-corrected chi connectivity index (χ4v) is 3.45. The summed E-state index contributed by atoms with van der Waals surface area (Å²) in [6.45, 7) is 4.55. The Morgan fingerprint density at radius 2 is 1.96 bits per heavy atom. The molecule has 24 heavy (non-hydrogen) atoms. The number of hydrogen-bond acceptors (Lipinski definition) is 5. The summed E-state index contributed by atoms with van der Waals surface area (Å²) in [5.74, 6) is 2.23. The molecule has 0 N–H and O–H groups in total. The number of rotatable bonds is 4. The third-order valence-electron chi connectivity index (χ3n) is 5.14. The first-order valence-corrected chi connectivity index (χ1v) is 8.78. The van der Waals surface area contributed by atoms with Crippen LogP contribution in [0.1, 0.15) is 42.9 Å². The van der Waals surface area contributed by atoms with Crippen molar-refractivity contribution < 1.29 is 0 Å². The molecule has 2 aliphatic rings. The van der Waals surface area contributed by atoms with Crippen molar-refractivity contribution >= 4 is 5.82 Å². The van der Waals surface area contributed by atoms with Gasteiger partial charge in [-0.2, -0.15) is 0 Å². The van der Waals surface area contributed by atoms with E-state index in [9.17, 15) is 4.79 Å². The van der Waals surface area contributed by atoms with Gasteiger partial charge < -0.3 is 4.90 Å². The highest BCUT2D eigenvalue weighted by Crippen LogP contribution is 2.39. The van der Waals surface area contributed by atoms with Gasteiger partial charge in [0.2, 0.25) is 0 Å². The summed E-state index contributed by atoms with van der Waals surface area (Å²) in [6, 6.07) is 2.16. The van der Waals surface area contributed by atoms with Gasteiger partial charge in [-0.3, -0.25) is 9.36 Å². The van der Waals surface area contributed by atoms with Gasteiger partial charge in [0, 0.05) is 49.1 Å². The van der Waals surface area contributed by atoms with E-state index in [-0.39, 0.29) is 5.56 Å². The Bertz CT molecular complexity index is 775. The quantitative estimate of drug-likeness (QED) is 0.862. The third-order valence-corrected chi connectivity index (χ3v) is 5.14. The average molecular weight is 325 g/mol. The zero-order valence-electron chi connectivity index (χ0n) is 14.1. The summed E-state index contributed by atoms with van der Waals surface area (Å²) in [5, 5.41) is 0. The topological polar surface area (TPSA) is 63.9 Å². The van der Waals surface area contributed by atoms with E-state index in [0.29, 0.717) is 17.4 Å². The minimum atomic E-state index is 0.0808. The molecule has 0 amide bonds. The number of anilines is 1. The van der Waals surface area contributed by atoms with Crippen molar-refractivity contribution in [2.24, 2.45) is 5.92 Å². The summed E-state index contributed by atoms with van der Waals surface area (Å²) >= 11 is 0. The number of hydrogen-bond donors (Lipinski definition) is 0. The normalized spacial score (nSPS) is 18.8. The second kappa shape index (κ2) is 6.34. The predicted octanol–water partition coefficient (Wildman–Crippen LogP) is 2.14. The molecule has 4 rings (SSSR count). The molecule has 0 unspecified atom stereocenters. The van der Waals surface area contributed by atoms with Gasteiger partial charge in [0.15, 0.2) is 0 Å². The molecule has 2 fully saturated rings. The Kier molecular flexibility index (Phi) is 4.04. The van der Waals surface area contributed by atoms with Crippen LogP contribution in [0.25, 0.3) is 0 Å². The minimum Gasteiger partial charge on any atom is -0.356 e.